The third-order valence-electron chi connectivity index (χ3n) is 3.77. The van der Waals surface area contributed by atoms with Crippen LogP contribution in [0.5, 0.6) is 0 Å². The fraction of sp³-hybridized carbons (Fsp3) is 0.545. The molecule has 1 aliphatic rings. The smallest absolute Gasteiger partial charge is 0.371 e. The zero-order chi connectivity index (χ0) is 19.8. The molecule has 1 fully saturated rings. The maximum Gasteiger partial charge on any atom is 0.469 e. The third kappa shape index (κ3) is 4.88. The Kier molecular flexibility index (Phi) is 5.64. The lowest BCUT2D eigenvalue weighted by Gasteiger charge is -2.19. The van der Waals surface area contributed by atoms with Gasteiger partial charge >= 0.3 is 15.6 Å². The van der Waals surface area contributed by atoms with Gasteiger partial charge in [-0.05, 0) is 0 Å². The topological polar surface area (TPSA) is 198 Å². The summed E-state index contributed by atoms with van der Waals surface area (Å²) in [5.74, 6) is 0.473. The maximum absolute atomic E-state index is 11.2. The minimum Gasteiger partial charge on any atom is -0.371 e. The van der Waals surface area contributed by atoms with Crippen LogP contribution in [-0.4, -0.2) is 65.0 Å². The fourth-order valence-electron chi connectivity index (χ4n) is 2.72. The highest BCUT2D eigenvalue weighted by molar-refractivity contribution is 7.46. The van der Waals surface area contributed by atoms with E-state index in [-0.39, 0.29) is 6.42 Å². The Balaban J connectivity index is 1.86. The monoisotopic (exact) mass is 425 g/mol. The number of aromatic nitrogens is 4. The summed E-state index contributed by atoms with van der Waals surface area (Å²) in [6.45, 7) is -0.630. The quantitative estimate of drug-likeness (QED) is 0.364. The predicted octanol–water partition coefficient (Wildman–Crippen LogP) is -0.257. The molecule has 1 saturated heterocycles. The summed E-state index contributed by atoms with van der Waals surface area (Å²) in [6.07, 6.45) is -0.449. The summed E-state index contributed by atoms with van der Waals surface area (Å²) in [4.78, 5) is 48.2. The van der Waals surface area contributed by atoms with Gasteiger partial charge in [0.05, 0.1) is 12.9 Å². The SMILES string of the molecule is CNc1ncnc2c1ncn2[C@H]1C[C@@H](OP(=O)(O)O)[C@H](COP(=O)(O)O)O1. The van der Waals surface area contributed by atoms with Crippen molar-refractivity contribution in [2.75, 3.05) is 19.0 Å². The van der Waals surface area contributed by atoms with Crippen LogP contribution in [-0.2, 0) is 22.9 Å². The van der Waals surface area contributed by atoms with Crippen LogP contribution in [0.15, 0.2) is 12.7 Å². The number of hydrogen-bond donors (Lipinski definition) is 5. The Hall–Kier alpha value is -1.47. The molecule has 2 aromatic rings. The van der Waals surface area contributed by atoms with Crippen LogP contribution in [0.25, 0.3) is 11.2 Å². The summed E-state index contributed by atoms with van der Waals surface area (Å²) in [6, 6.07) is 0. The van der Waals surface area contributed by atoms with Gasteiger partial charge in [-0.2, -0.15) is 0 Å². The van der Waals surface area contributed by atoms with E-state index in [0.717, 1.165) is 0 Å². The van der Waals surface area contributed by atoms with E-state index in [1.165, 1.54) is 17.2 Å². The predicted molar refractivity (Wildman–Crippen MR) is 88.3 cm³/mol. The minimum absolute atomic E-state index is 0.0371. The van der Waals surface area contributed by atoms with Crippen LogP contribution in [0.1, 0.15) is 12.6 Å². The molecule has 3 heterocycles. The van der Waals surface area contributed by atoms with E-state index in [0.29, 0.717) is 17.0 Å². The Morgan fingerprint density at radius 3 is 2.63 bits per heavy atom. The van der Waals surface area contributed by atoms with Gasteiger partial charge in [-0.15, -0.1) is 0 Å². The molecular formula is C11H17N5O9P2. The zero-order valence-corrected chi connectivity index (χ0v) is 15.6. The van der Waals surface area contributed by atoms with E-state index in [4.69, 9.17) is 28.8 Å². The molecular weight excluding hydrogens is 408 g/mol. The number of hydrogen-bond acceptors (Lipinski definition) is 9. The van der Waals surface area contributed by atoms with Crippen molar-refractivity contribution in [1.82, 2.24) is 19.5 Å². The van der Waals surface area contributed by atoms with Gasteiger partial charge in [0.25, 0.3) is 0 Å². The molecule has 0 aliphatic carbocycles. The highest BCUT2D eigenvalue weighted by Crippen LogP contribution is 2.45. The molecule has 150 valence electrons. The first kappa shape index (κ1) is 20.3. The highest BCUT2D eigenvalue weighted by atomic mass is 31.2. The van der Waals surface area contributed by atoms with Crippen molar-refractivity contribution in [2.24, 2.45) is 0 Å². The number of rotatable bonds is 7. The van der Waals surface area contributed by atoms with Crippen molar-refractivity contribution in [1.29, 1.82) is 0 Å². The molecule has 27 heavy (non-hydrogen) atoms. The first-order chi connectivity index (χ1) is 12.6. The molecule has 3 atom stereocenters. The molecule has 5 N–H and O–H groups in total. The molecule has 0 amide bonds. The second-order valence-corrected chi connectivity index (χ2v) is 8.01. The molecule has 0 saturated carbocycles. The second kappa shape index (κ2) is 7.51. The van der Waals surface area contributed by atoms with Crippen LogP contribution in [0.4, 0.5) is 5.82 Å². The van der Waals surface area contributed by atoms with Crippen molar-refractivity contribution in [3.8, 4) is 0 Å². The van der Waals surface area contributed by atoms with E-state index in [1.54, 1.807) is 7.05 Å². The standard InChI is InChI=1S/C11H17N5O9P2/c1-12-10-9-11(14-4-13-10)16(5-15-9)8-2-6(25-27(20,21)22)7(24-8)3-23-26(17,18)19/h4-8H,2-3H2,1H3,(H,12,13,14)(H2,17,18,19)(H2,20,21,22)/t6-,7+,8-/m1/s1. The molecule has 0 aromatic carbocycles. The molecule has 0 bridgehead atoms. The Bertz CT molecular complexity index is 911. The molecule has 0 unspecified atom stereocenters. The summed E-state index contributed by atoms with van der Waals surface area (Å²) in [7, 11) is -8.02. The highest BCUT2D eigenvalue weighted by Gasteiger charge is 2.42. The maximum atomic E-state index is 11.2. The number of phosphoric ester groups is 2. The van der Waals surface area contributed by atoms with Gasteiger partial charge in [0.1, 0.15) is 30.3 Å². The van der Waals surface area contributed by atoms with Gasteiger partial charge in [0, 0.05) is 13.5 Å². The van der Waals surface area contributed by atoms with Gasteiger partial charge in [-0.1, -0.05) is 0 Å². The normalized spacial score (nSPS) is 23.8. The van der Waals surface area contributed by atoms with Gasteiger partial charge in [-0.3, -0.25) is 13.6 Å². The summed E-state index contributed by atoms with van der Waals surface area (Å²) >= 11 is 0. The largest absolute Gasteiger partial charge is 0.469 e. The van der Waals surface area contributed by atoms with Gasteiger partial charge < -0.3 is 29.6 Å². The Labute approximate surface area is 152 Å². The molecule has 3 rings (SSSR count). The number of ether oxygens (including phenoxy) is 1. The third-order valence-corrected chi connectivity index (χ3v) is 4.80. The molecule has 1 aliphatic heterocycles. The van der Waals surface area contributed by atoms with Crippen molar-refractivity contribution >= 4 is 32.6 Å². The number of fused-ring (bicyclic) bond motifs is 1. The lowest BCUT2D eigenvalue weighted by atomic mass is 10.2. The molecule has 16 heteroatoms. The number of anilines is 1. The van der Waals surface area contributed by atoms with Crippen molar-refractivity contribution < 1.29 is 42.5 Å². The van der Waals surface area contributed by atoms with Crippen molar-refractivity contribution in [3.05, 3.63) is 12.7 Å². The Morgan fingerprint density at radius 1 is 1.26 bits per heavy atom. The fourth-order valence-corrected chi connectivity index (χ4v) is 3.64. The van der Waals surface area contributed by atoms with Crippen LogP contribution in [0, 0.1) is 0 Å². The van der Waals surface area contributed by atoms with Gasteiger partial charge in [0.2, 0.25) is 0 Å². The van der Waals surface area contributed by atoms with E-state index in [1.807, 2.05) is 0 Å². The van der Waals surface area contributed by atoms with Crippen molar-refractivity contribution in [3.63, 3.8) is 0 Å². The minimum atomic E-state index is -4.87. The van der Waals surface area contributed by atoms with E-state index < -0.39 is 40.7 Å². The van der Waals surface area contributed by atoms with Gasteiger partial charge in [-0.25, -0.2) is 24.1 Å². The molecule has 0 radical (unpaired) electrons. The van der Waals surface area contributed by atoms with Crippen LogP contribution in [0.3, 0.4) is 0 Å². The first-order valence-electron chi connectivity index (χ1n) is 7.52. The second-order valence-electron chi connectivity index (χ2n) is 5.58. The van der Waals surface area contributed by atoms with E-state index in [9.17, 15) is 9.13 Å². The van der Waals surface area contributed by atoms with E-state index in [2.05, 4.69) is 24.8 Å². The Morgan fingerprint density at radius 2 is 2.00 bits per heavy atom. The number of nitrogens with one attached hydrogen (secondary N) is 1. The first-order valence-corrected chi connectivity index (χ1v) is 10.6. The average Bonchev–Trinajstić information content (AvgIpc) is 3.14. The molecule has 0 spiro atoms. The number of phosphoric acid groups is 2. The van der Waals surface area contributed by atoms with E-state index >= 15 is 0 Å². The van der Waals surface area contributed by atoms with Crippen LogP contribution >= 0.6 is 15.6 Å². The summed E-state index contributed by atoms with van der Waals surface area (Å²) in [5.41, 5.74) is 0.844. The lowest BCUT2D eigenvalue weighted by molar-refractivity contribution is -0.0417. The summed E-state index contributed by atoms with van der Waals surface area (Å²) in [5, 5.41) is 2.86. The number of nitrogens with zero attached hydrogens (tertiary/aromatic N) is 4. The molecule has 14 nitrogen and oxygen atoms in total. The lowest BCUT2D eigenvalue weighted by Crippen LogP contribution is -2.28. The van der Waals surface area contributed by atoms with Crippen molar-refractivity contribution in [2.45, 2.75) is 24.9 Å². The van der Waals surface area contributed by atoms with Gasteiger partial charge in [0.15, 0.2) is 11.5 Å². The molecule has 2 aromatic heterocycles. The van der Waals surface area contributed by atoms with Crippen LogP contribution in [0.2, 0.25) is 0 Å². The number of imidazole rings is 1. The average molecular weight is 425 g/mol. The van der Waals surface area contributed by atoms with Crippen LogP contribution < -0.4 is 5.32 Å². The summed E-state index contributed by atoms with van der Waals surface area (Å²) < 4.78 is 38.4. The zero-order valence-electron chi connectivity index (χ0n) is 13.8.